The van der Waals surface area contributed by atoms with Crippen molar-refractivity contribution in [1.82, 2.24) is 9.55 Å². The largest absolute Gasteiger partial charge is 0.492 e. The first-order chi connectivity index (χ1) is 8.94. The zero-order valence-corrected chi connectivity index (χ0v) is 11.3. The van der Waals surface area contributed by atoms with E-state index in [-0.39, 0.29) is 11.8 Å². The fourth-order valence-electron chi connectivity index (χ4n) is 1.46. The Balaban J connectivity index is 2.07. The second kappa shape index (κ2) is 5.38. The van der Waals surface area contributed by atoms with Crippen LogP contribution >= 0.6 is 23.2 Å². The first-order valence-electron chi connectivity index (χ1n) is 5.20. The van der Waals surface area contributed by atoms with Crippen molar-refractivity contribution in [2.75, 3.05) is 10.6 Å². The van der Waals surface area contributed by atoms with Crippen molar-refractivity contribution in [3.05, 3.63) is 34.4 Å². The number of carbonyl (C=O) groups excluding carboxylic acids is 1. The van der Waals surface area contributed by atoms with Crippen molar-refractivity contribution in [2.24, 2.45) is 7.05 Å². The molecule has 3 N–H and O–H groups in total. The molecule has 0 saturated heterocycles. The van der Waals surface area contributed by atoms with Crippen LogP contribution in [0.4, 0.5) is 16.4 Å². The summed E-state index contributed by atoms with van der Waals surface area (Å²) >= 11 is 11.6. The molecule has 19 heavy (non-hydrogen) atoms. The van der Waals surface area contributed by atoms with E-state index in [1.54, 1.807) is 25.2 Å². The quantitative estimate of drug-likeness (QED) is 0.797. The van der Waals surface area contributed by atoms with Crippen molar-refractivity contribution >= 4 is 40.9 Å². The molecule has 2 rings (SSSR count). The molecular formula is C11H10Cl2N4O2. The van der Waals surface area contributed by atoms with Crippen LogP contribution < -0.4 is 10.6 Å². The summed E-state index contributed by atoms with van der Waals surface area (Å²) in [6, 6.07) is 4.15. The highest BCUT2D eigenvalue weighted by atomic mass is 35.5. The Hall–Kier alpha value is -1.92. The molecule has 0 atom stereocenters. The molecule has 0 aliphatic heterocycles. The van der Waals surface area contributed by atoms with Gasteiger partial charge in [0.05, 0.1) is 6.20 Å². The fourth-order valence-corrected chi connectivity index (χ4v) is 1.98. The van der Waals surface area contributed by atoms with Crippen molar-refractivity contribution in [3.63, 3.8) is 0 Å². The minimum atomic E-state index is -0.521. The second-order valence-electron chi connectivity index (χ2n) is 3.77. The van der Waals surface area contributed by atoms with Gasteiger partial charge in [0.25, 0.3) is 0 Å². The van der Waals surface area contributed by atoms with Crippen molar-refractivity contribution < 1.29 is 9.90 Å². The number of nitrogens with zero attached hydrogens (tertiary/aromatic N) is 2. The minimum absolute atomic E-state index is 0.177. The monoisotopic (exact) mass is 300 g/mol. The number of halogens is 2. The number of aromatic nitrogens is 2. The average Bonchev–Trinajstić information content (AvgIpc) is 2.55. The Morgan fingerprint density at radius 3 is 2.42 bits per heavy atom. The average molecular weight is 301 g/mol. The summed E-state index contributed by atoms with van der Waals surface area (Å²) in [5.41, 5.74) is 0.452. The molecule has 8 heteroatoms. The molecule has 1 heterocycles. The molecule has 0 bridgehead atoms. The van der Waals surface area contributed by atoms with Crippen LogP contribution in [0.25, 0.3) is 0 Å². The van der Waals surface area contributed by atoms with Crippen LogP contribution in [0.3, 0.4) is 0 Å². The molecule has 0 radical (unpaired) electrons. The Morgan fingerprint density at radius 1 is 1.26 bits per heavy atom. The van der Waals surface area contributed by atoms with E-state index >= 15 is 0 Å². The molecule has 0 spiro atoms. The number of aryl methyl sites for hydroxylation is 1. The summed E-state index contributed by atoms with van der Waals surface area (Å²) in [7, 11) is 1.64. The molecule has 6 nitrogen and oxygen atoms in total. The van der Waals surface area contributed by atoms with Crippen LogP contribution in [0, 0.1) is 0 Å². The number of aromatic hydroxyl groups is 1. The van der Waals surface area contributed by atoms with Gasteiger partial charge < -0.3 is 15.0 Å². The smallest absolute Gasteiger partial charge is 0.326 e. The van der Waals surface area contributed by atoms with Gasteiger partial charge in [-0.3, -0.25) is 5.32 Å². The van der Waals surface area contributed by atoms with E-state index in [4.69, 9.17) is 23.2 Å². The van der Waals surface area contributed by atoms with Gasteiger partial charge in [-0.1, -0.05) is 23.2 Å². The molecule has 2 amide bonds. The maximum atomic E-state index is 11.7. The SMILES string of the molecule is Cn1cc(O)nc1NC(=O)Nc1cc(Cl)cc(Cl)c1. The van der Waals surface area contributed by atoms with Gasteiger partial charge in [-0.15, -0.1) is 0 Å². The lowest BCUT2D eigenvalue weighted by atomic mass is 10.3. The summed E-state index contributed by atoms with van der Waals surface area (Å²) in [5, 5.41) is 15.0. The molecule has 1 aromatic carbocycles. The van der Waals surface area contributed by atoms with Gasteiger partial charge in [-0.25, -0.2) is 4.79 Å². The highest BCUT2D eigenvalue weighted by Gasteiger charge is 2.09. The number of amides is 2. The second-order valence-corrected chi connectivity index (χ2v) is 4.64. The van der Waals surface area contributed by atoms with Gasteiger partial charge in [0.1, 0.15) is 0 Å². The molecule has 0 unspecified atom stereocenters. The van der Waals surface area contributed by atoms with E-state index in [2.05, 4.69) is 15.6 Å². The van der Waals surface area contributed by atoms with Gasteiger partial charge in [0, 0.05) is 22.8 Å². The van der Waals surface area contributed by atoms with E-state index in [1.165, 1.54) is 10.8 Å². The zero-order chi connectivity index (χ0) is 14.0. The van der Waals surface area contributed by atoms with Crippen LogP contribution in [0.15, 0.2) is 24.4 Å². The molecule has 0 fully saturated rings. The molecular weight excluding hydrogens is 291 g/mol. The summed E-state index contributed by atoms with van der Waals surface area (Å²) < 4.78 is 1.47. The maximum absolute atomic E-state index is 11.7. The number of nitrogens with one attached hydrogen (secondary N) is 2. The van der Waals surface area contributed by atoms with Gasteiger partial charge in [-0.2, -0.15) is 4.98 Å². The minimum Gasteiger partial charge on any atom is -0.492 e. The molecule has 0 aliphatic rings. The highest BCUT2D eigenvalue weighted by Crippen LogP contribution is 2.22. The third-order valence-electron chi connectivity index (χ3n) is 2.21. The normalized spacial score (nSPS) is 10.3. The fraction of sp³-hybridized carbons (Fsp3) is 0.0909. The molecule has 0 saturated carbocycles. The van der Waals surface area contributed by atoms with Crippen molar-refractivity contribution in [3.8, 4) is 5.88 Å². The summed E-state index contributed by atoms with van der Waals surface area (Å²) in [6.45, 7) is 0. The Bertz CT molecular complexity index is 607. The van der Waals surface area contributed by atoms with Crippen LogP contribution in [0.5, 0.6) is 5.88 Å². The summed E-state index contributed by atoms with van der Waals surface area (Å²) in [4.78, 5) is 15.4. The van der Waals surface area contributed by atoms with Gasteiger partial charge >= 0.3 is 6.03 Å². The van der Waals surface area contributed by atoms with E-state index < -0.39 is 6.03 Å². The molecule has 100 valence electrons. The van der Waals surface area contributed by atoms with Gasteiger partial charge in [0.2, 0.25) is 11.8 Å². The topological polar surface area (TPSA) is 79.2 Å². The summed E-state index contributed by atoms with van der Waals surface area (Å²) in [6.07, 6.45) is 1.37. The van der Waals surface area contributed by atoms with Gasteiger partial charge in [0.15, 0.2) is 0 Å². The molecule has 0 aliphatic carbocycles. The number of imidazole rings is 1. The Morgan fingerprint density at radius 2 is 1.89 bits per heavy atom. The summed E-state index contributed by atoms with van der Waals surface area (Å²) in [5.74, 6) is 0.0340. The van der Waals surface area contributed by atoms with E-state index in [1.807, 2.05) is 0 Å². The molecule has 2 aromatic rings. The van der Waals surface area contributed by atoms with Crippen LogP contribution in [0.1, 0.15) is 0 Å². The Labute approximate surface area is 119 Å². The van der Waals surface area contributed by atoms with E-state index in [0.717, 1.165) is 0 Å². The first kappa shape index (κ1) is 13.5. The zero-order valence-electron chi connectivity index (χ0n) is 9.82. The van der Waals surface area contributed by atoms with Crippen molar-refractivity contribution in [1.29, 1.82) is 0 Å². The van der Waals surface area contributed by atoms with E-state index in [0.29, 0.717) is 15.7 Å². The standard InChI is InChI=1S/C11H10Cl2N4O2/c1-17-5-9(18)15-10(17)16-11(19)14-8-3-6(12)2-7(13)4-8/h2-5,18H,1H3,(H2,14,15,16,19). The lowest BCUT2D eigenvalue weighted by Crippen LogP contribution is -2.21. The predicted octanol–water partition coefficient (Wildman–Crippen LogP) is 3.08. The number of hydrogen-bond acceptors (Lipinski definition) is 3. The lowest BCUT2D eigenvalue weighted by Gasteiger charge is -2.07. The number of benzene rings is 1. The highest BCUT2D eigenvalue weighted by molar-refractivity contribution is 6.35. The number of hydrogen-bond donors (Lipinski definition) is 3. The van der Waals surface area contributed by atoms with Gasteiger partial charge in [-0.05, 0) is 18.2 Å². The third-order valence-corrected chi connectivity index (χ3v) is 2.65. The lowest BCUT2D eigenvalue weighted by molar-refractivity contribution is 0.262. The number of anilines is 2. The molecule has 1 aromatic heterocycles. The van der Waals surface area contributed by atoms with Crippen molar-refractivity contribution in [2.45, 2.75) is 0 Å². The van der Waals surface area contributed by atoms with Crippen LogP contribution in [-0.2, 0) is 7.05 Å². The van der Waals surface area contributed by atoms with Crippen LogP contribution in [-0.4, -0.2) is 20.7 Å². The van der Waals surface area contributed by atoms with Crippen LogP contribution in [0.2, 0.25) is 10.0 Å². The maximum Gasteiger partial charge on any atom is 0.326 e. The third kappa shape index (κ3) is 3.52. The number of rotatable bonds is 2. The van der Waals surface area contributed by atoms with E-state index in [9.17, 15) is 9.90 Å². The first-order valence-corrected chi connectivity index (χ1v) is 5.96. The predicted molar refractivity (Wildman–Crippen MR) is 74.0 cm³/mol. The number of carbonyl (C=O) groups is 1. The number of urea groups is 1. The Kier molecular flexibility index (Phi) is 3.82.